The molecule has 0 aliphatic carbocycles. The standard InChI is InChI=1S/C13H14Br2N2O3/c1-6-4-16-5-9(6)12(18)17-11-8(13(19)20)2-7(14)3-10(11)15/h2-3,6,9,16H,4-5H2,1H3,(H,17,18)(H,19,20). The van der Waals surface area contributed by atoms with Crippen LogP contribution in [-0.2, 0) is 4.79 Å². The number of carboxylic acids is 1. The zero-order valence-electron chi connectivity index (χ0n) is 10.7. The highest BCUT2D eigenvalue weighted by Gasteiger charge is 2.30. The van der Waals surface area contributed by atoms with Crippen LogP contribution >= 0.6 is 31.9 Å². The first kappa shape index (κ1) is 15.5. The number of nitrogens with one attached hydrogen (secondary N) is 2. The third-order valence-electron chi connectivity index (χ3n) is 3.39. The zero-order chi connectivity index (χ0) is 14.9. The first-order chi connectivity index (χ1) is 9.40. The monoisotopic (exact) mass is 404 g/mol. The minimum absolute atomic E-state index is 0.0539. The molecule has 108 valence electrons. The fraction of sp³-hybridized carbons (Fsp3) is 0.385. The van der Waals surface area contributed by atoms with Gasteiger partial charge < -0.3 is 15.7 Å². The van der Waals surface area contributed by atoms with E-state index in [1.54, 1.807) is 6.07 Å². The SMILES string of the molecule is CC1CNCC1C(=O)Nc1c(Br)cc(Br)cc1C(=O)O. The topological polar surface area (TPSA) is 78.4 Å². The summed E-state index contributed by atoms with van der Waals surface area (Å²) in [5.41, 5.74) is 0.350. The number of aromatic carboxylic acids is 1. The van der Waals surface area contributed by atoms with Gasteiger partial charge in [-0.1, -0.05) is 22.9 Å². The van der Waals surface area contributed by atoms with Gasteiger partial charge in [0.15, 0.2) is 0 Å². The Labute approximate surface area is 133 Å². The van der Waals surface area contributed by atoms with Crippen molar-refractivity contribution < 1.29 is 14.7 Å². The van der Waals surface area contributed by atoms with E-state index in [2.05, 4.69) is 42.5 Å². The Bertz CT molecular complexity index is 563. The van der Waals surface area contributed by atoms with Crippen LogP contribution in [0.3, 0.4) is 0 Å². The minimum atomic E-state index is -1.08. The summed E-state index contributed by atoms with van der Waals surface area (Å²) in [5, 5.41) is 15.1. The number of amides is 1. The molecule has 1 amide bonds. The van der Waals surface area contributed by atoms with Crippen molar-refractivity contribution in [2.45, 2.75) is 6.92 Å². The molecule has 1 fully saturated rings. The Morgan fingerprint density at radius 3 is 2.60 bits per heavy atom. The fourth-order valence-corrected chi connectivity index (χ4v) is 3.57. The van der Waals surface area contributed by atoms with Gasteiger partial charge >= 0.3 is 5.97 Å². The molecule has 0 aromatic heterocycles. The van der Waals surface area contributed by atoms with Crippen molar-refractivity contribution in [3.63, 3.8) is 0 Å². The van der Waals surface area contributed by atoms with Gasteiger partial charge in [-0.2, -0.15) is 0 Å². The van der Waals surface area contributed by atoms with Crippen molar-refractivity contribution in [3.8, 4) is 0 Å². The van der Waals surface area contributed by atoms with Crippen LogP contribution in [0.4, 0.5) is 5.69 Å². The van der Waals surface area contributed by atoms with Gasteiger partial charge in [0, 0.05) is 15.5 Å². The van der Waals surface area contributed by atoms with Crippen molar-refractivity contribution >= 4 is 49.4 Å². The quantitative estimate of drug-likeness (QED) is 0.722. The number of rotatable bonds is 3. The molecule has 2 rings (SSSR count). The molecule has 5 nitrogen and oxygen atoms in total. The lowest BCUT2D eigenvalue weighted by Crippen LogP contribution is -2.28. The lowest BCUT2D eigenvalue weighted by atomic mass is 9.97. The van der Waals surface area contributed by atoms with Gasteiger partial charge in [0.2, 0.25) is 5.91 Å². The molecule has 1 aromatic rings. The van der Waals surface area contributed by atoms with E-state index < -0.39 is 5.97 Å². The van der Waals surface area contributed by atoms with Crippen molar-refractivity contribution in [2.24, 2.45) is 11.8 Å². The van der Waals surface area contributed by atoms with E-state index in [0.717, 1.165) is 6.54 Å². The van der Waals surface area contributed by atoms with Gasteiger partial charge in [0.05, 0.1) is 17.2 Å². The smallest absolute Gasteiger partial charge is 0.337 e. The summed E-state index contributed by atoms with van der Waals surface area (Å²) in [6, 6.07) is 3.18. The molecule has 0 spiro atoms. The summed E-state index contributed by atoms with van der Waals surface area (Å²) in [6.07, 6.45) is 0. The van der Waals surface area contributed by atoms with Gasteiger partial charge in [-0.25, -0.2) is 4.79 Å². The maximum absolute atomic E-state index is 12.3. The maximum atomic E-state index is 12.3. The number of hydrogen-bond acceptors (Lipinski definition) is 3. The molecule has 0 saturated carbocycles. The number of benzene rings is 1. The molecule has 1 aromatic carbocycles. The Morgan fingerprint density at radius 2 is 2.05 bits per heavy atom. The minimum Gasteiger partial charge on any atom is -0.478 e. The van der Waals surface area contributed by atoms with Crippen molar-refractivity contribution in [3.05, 3.63) is 26.6 Å². The Hall–Kier alpha value is -0.920. The lowest BCUT2D eigenvalue weighted by Gasteiger charge is -2.16. The van der Waals surface area contributed by atoms with E-state index in [-0.39, 0.29) is 23.3 Å². The zero-order valence-corrected chi connectivity index (χ0v) is 13.9. The summed E-state index contributed by atoms with van der Waals surface area (Å²) < 4.78 is 1.17. The van der Waals surface area contributed by atoms with Gasteiger partial charge in [-0.15, -0.1) is 0 Å². The second-order valence-electron chi connectivity index (χ2n) is 4.85. The third kappa shape index (κ3) is 3.21. The molecule has 0 radical (unpaired) electrons. The van der Waals surface area contributed by atoms with E-state index in [4.69, 9.17) is 0 Å². The van der Waals surface area contributed by atoms with Crippen LogP contribution in [0.1, 0.15) is 17.3 Å². The molecule has 3 N–H and O–H groups in total. The van der Waals surface area contributed by atoms with Crippen molar-refractivity contribution in [2.75, 3.05) is 18.4 Å². The Morgan fingerprint density at radius 1 is 1.35 bits per heavy atom. The highest BCUT2D eigenvalue weighted by molar-refractivity contribution is 9.11. The molecule has 0 bridgehead atoms. The number of halogens is 2. The molecule has 2 atom stereocenters. The predicted octanol–water partition coefficient (Wildman–Crippen LogP) is 2.70. The molecular formula is C13H14Br2N2O3. The van der Waals surface area contributed by atoms with E-state index >= 15 is 0 Å². The molecule has 1 saturated heterocycles. The number of carbonyl (C=O) groups is 2. The second kappa shape index (κ2) is 6.24. The predicted molar refractivity (Wildman–Crippen MR) is 83.0 cm³/mol. The molecule has 7 heteroatoms. The molecular weight excluding hydrogens is 392 g/mol. The second-order valence-corrected chi connectivity index (χ2v) is 6.62. The molecule has 1 heterocycles. The Kier molecular flexibility index (Phi) is 4.82. The summed E-state index contributed by atoms with van der Waals surface area (Å²) >= 11 is 6.54. The molecule has 2 unspecified atom stereocenters. The van der Waals surface area contributed by atoms with Crippen LogP contribution in [0.5, 0.6) is 0 Å². The molecule has 1 aliphatic heterocycles. The number of hydrogen-bond donors (Lipinski definition) is 3. The van der Waals surface area contributed by atoms with Gasteiger partial charge in [0.1, 0.15) is 0 Å². The van der Waals surface area contributed by atoms with E-state index in [9.17, 15) is 14.7 Å². The van der Waals surface area contributed by atoms with Crippen molar-refractivity contribution in [1.29, 1.82) is 0 Å². The summed E-state index contributed by atoms with van der Waals surface area (Å²) in [6.45, 7) is 3.41. The maximum Gasteiger partial charge on any atom is 0.337 e. The average Bonchev–Trinajstić information content (AvgIpc) is 2.78. The molecule has 1 aliphatic rings. The highest BCUT2D eigenvalue weighted by atomic mass is 79.9. The van der Waals surface area contributed by atoms with Crippen LogP contribution in [0.2, 0.25) is 0 Å². The number of carbonyl (C=O) groups excluding carboxylic acids is 1. The summed E-state index contributed by atoms with van der Waals surface area (Å²) in [7, 11) is 0. The first-order valence-corrected chi connectivity index (χ1v) is 7.72. The largest absolute Gasteiger partial charge is 0.478 e. The normalized spacial score (nSPS) is 21.8. The lowest BCUT2D eigenvalue weighted by molar-refractivity contribution is -0.120. The molecule has 20 heavy (non-hydrogen) atoms. The van der Waals surface area contributed by atoms with Gasteiger partial charge in [0.25, 0.3) is 0 Å². The third-order valence-corrected chi connectivity index (χ3v) is 4.47. The number of anilines is 1. The van der Waals surface area contributed by atoms with Crippen LogP contribution in [-0.4, -0.2) is 30.1 Å². The summed E-state index contributed by atoms with van der Waals surface area (Å²) in [5.74, 6) is -1.15. The van der Waals surface area contributed by atoms with E-state index in [1.807, 2.05) is 6.92 Å². The van der Waals surface area contributed by atoms with E-state index in [0.29, 0.717) is 21.2 Å². The van der Waals surface area contributed by atoms with Crippen molar-refractivity contribution in [1.82, 2.24) is 5.32 Å². The van der Waals surface area contributed by atoms with Crippen LogP contribution in [0, 0.1) is 11.8 Å². The van der Waals surface area contributed by atoms with Crippen LogP contribution in [0.25, 0.3) is 0 Å². The van der Waals surface area contributed by atoms with Crippen LogP contribution in [0.15, 0.2) is 21.1 Å². The summed E-state index contributed by atoms with van der Waals surface area (Å²) in [4.78, 5) is 23.5. The Balaban J connectivity index is 2.29. The van der Waals surface area contributed by atoms with E-state index in [1.165, 1.54) is 6.07 Å². The fourth-order valence-electron chi connectivity index (χ4n) is 2.25. The average molecular weight is 406 g/mol. The van der Waals surface area contributed by atoms with Crippen LogP contribution < -0.4 is 10.6 Å². The first-order valence-electron chi connectivity index (χ1n) is 6.14. The van der Waals surface area contributed by atoms with Gasteiger partial charge in [-0.3, -0.25) is 4.79 Å². The highest BCUT2D eigenvalue weighted by Crippen LogP contribution is 2.32. The van der Waals surface area contributed by atoms with Gasteiger partial charge in [-0.05, 0) is 40.5 Å². The number of carboxylic acid groups (broad SMARTS) is 1.